The maximum atomic E-state index is 12.1. The molecular formula is C19H19F3N2O5. The highest BCUT2D eigenvalue weighted by molar-refractivity contribution is 5.93. The lowest BCUT2D eigenvalue weighted by atomic mass is 9.92. The average Bonchev–Trinajstić information content (AvgIpc) is 3.07. The molecule has 7 nitrogen and oxygen atoms in total. The summed E-state index contributed by atoms with van der Waals surface area (Å²) in [5.41, 5.74) is 0.845. The number of anilines is 1. The first-order chi connectivity index (χ1) is 13.4. The molecule has 1 amide bonds. The summed E-state index contributed by atoms with van der Waals surface area (Å²) in [6.07, 6.45) is -2.41. The van der Waals surface area contributed by atoms with Gasteiger partial charge in [-0.05, 0) is 23.8 Å². The Balaban J connectivity index is 1.80. The van der Waals surface area contributed by atoms with Crippen LogP contribution in [0.2, 0.25) is 0 Å². The molecule has 1 heterocycles. The largest absolute Gasteiger partial charge is 0.573 e. The highest BCUT2D eigenvalue weighted by Crippen LogP contribution is 2.24. The van der Waals surface area contributed by atoms with Crippen molar-refractivity contribution >= 4 is 23.8 Å². The molecular weight excluding hydrogens is 393 g/mol. The Hall–Kier alpha value is -3.30. The quantitative estimate of drug-likeness (QED) is 0.568. The van der Waals surface area contributed by atoms with Gasteiger partial charge >= 0.3 is 12.3 Å². The van der Waals surface area contributed by atoms with Gasteiger partial charge in [0.15, 0.2) is 6.61 Å². The minimum Gasteiger partial charge on any atom is -0.452 e. The summed E-state index contributed by atoms with van der Waals surface area (Å²) >= 11 is 0. The normalized spacial score (nSPS) is 12.1. The molecule has 156 valence electrons. The molecule has 2 rings (SSSR count). The van der Waals surface area contributed by atoms with E-state index >= 15 is 0 Å². The lowest BCUT2D eigenvalue weighted by Crippen LogP contribution is -2.19. The van der Waals surface area contributed by atoms with Crippen LogP contribution in [0.25, 0.3) is 6.08 Å². The number of nitrogens with zero attached hydrogens (tertiary/aromatic N) is 1. The Morgan fingerprint density at radius 2 is 1.83 bits per heavy atom. The van der Waals surface area contributed by atoms with Gasteiger partial charge in [0, 0.05) is 17.6 Å². The van der Waals surface area contributed by atoms with Crippen molar-refractivity contribution in [1.29, 1.82) is 0 Å². The molecule has 0 bridgehead atoms. The third kappa shape index (κ3) is 7.68. The Kier molecular flexibility index (Phi) is 6.68. The van der Waals surface area contributed by atoms with Crippen LogP contribution in [0.1, 0.15) is 32.0 Å². The summed E-state index contributed by atoms with van der Waals surface area (Å²) in [6, 6.07) is 6.44. The highest BCUT2D eigenvalue weighted by Gasteiger charge is 2.30. The Morgan fingerprint density at radius 1 is 1.17 bits per heavy atom. The lowest BCUT2D eigenvalue weighted by molar-refractivity contribution is -0.274. The summed E-state index contributed by atoms with van der Waals surface area (Å²) in [4.78, 5) is 23.5. The van der Waals surface area contributed by atoms with E-state index in [2.05, 4.69) is 15.2 Å². The minimum atomic E-state index is -4.78. The molecule has 1 aromatic heterocycles. The molecule has 0 atom stereocenters. The van der Waals surface area contributed by atoms with Crippen molar-refractivity contribution in [3.63, 3.8) is 0 Å². The molecule has 2 aromatic rings. The molecule has 29 heavy (non-hydrogen) atoms. The van der Waals surface area contributed by atoms with E-state index in [4.69, 9.17) is 9.26 Å². The van der Waals surface area contributed by atoms with E-state index in [1.54, 1.807) is 6.07 Å². The van der Waals surface area contributed by atoms with Crippen LogP contribution in [0.5, 0.6) is 5.75 Å². The van der Waals surface area contributed by atoms with Crippen molar-refractivity contribution in [3.05, 3.63) is 47.7 Å². The number of rotatable bonds is 6. The highest BCUT2D eigenvalue weighted by atomic mass is 19.4. The van der Waals surface area contributed by atoms with E-state index in [0.29, 0.717) is 11.3 Å². The standard InChI is InChI=1S/C19H19F3N2O5/c1-18(2,3)14-10-16(29-24-14)23-15(25)11-27-17(26)9-6-12-4-7-13(8-5-12)28-19(20,21)22/h4-10H,11H2,1-3H3,(H,23,25)/b9-6+. The number of esters is 1. The van der Waals surface area contributed by atoms with Crippen molar-refractivity contribution in [3.8, 4) is 5.75 Å². The molecule has 0 aliphatic rings. The summed E-state index contributed by atoms with van der Waals surface area (Å²) < 4.78 is 49.8. The number of hydrogen-bond donors (Lipinski definition) is 1. The van der Waals surface area contributed by atoms with Gasteiger partial charge < -0.3 is 14.0 Å². The number of hydrogen-bond acceptors (Lipinski definition) is 6. The fourth-order valence-corrected chi connectivity index (χ4v) is 1.99. The van der Waals surface area contributed by atoms with E-state index in [-0.39, 0.29) is 17.0 Å². The molecule has 0 fully saturated rings. The van der Waals surface area contributed by atoms with Gasteiger partial charge in [-0.3, -0.25) is 10.1 Å². The number of benzene rings is 1. The van der Waals surface area contributed by atoms with Crippen LogP contribution in [0.15, 0.2) is 40.9 Å². The smallest absolute Gasteiger partial charge is 0.452 e. The van der Waals surface area contributed by atoms with Crippen molar-refractivity contribution in [2.45, 2.75) is 32.5 Å². The number of alkyl halides is 3. The first-order valence-corrected chi connectivity index (χ1v) is 8.40. The monoisotopic (exact) mass is 412 g/mol. The van der Waals surface area contributed by atoms with Gasteiger partial charge in [0.25, 0.3) is 5.91 Å². The maximum Gasteiger partial charge on any atom is 0.573 e. The predicted octanol–water partition coefficient (Wildman–Crippen LogP) is 4.07. The van der Waals surface area contributed by atoms with E-state index in [0.717, 1.165) is 18.2 Å². The fraction of sp³-hybridized carbons (Fsp3) is 0.316. The zero-order valence-electron chi connectivity index (χ0n) is 15.9. The number of nitrogens with one attached hydrogen (secondary N) is 1. The Bertz CT molecular complexity index is 880. The first-order valence-electron chi connectivity index (χ1n) is 8.40. The van der Waals surface area contributed by atoms with Gasteiger partial charge in [-0.1, -0.05) is 38.1 Å². The molecule has 0 radical (unpaired) electrons. The number of carbonyl (C=O) groups is 2. The molecule has 10 heteroatoms. The molecule has 1 aromatic carbocycles. The van der Waals surface area contributed by atoms with Crippen LogP contribution in [-0.2, 0) is 19.7 Å². The van der Waals surface area contributed by atoms with Gasteiger partial charge in [0.05, 0.1) is 5.69 Å². The van der Waals surface area contributed by atoms with Crippen LogP contribution in [0.4, 0.5) is 19.1 Å². The molecule has 0 spiro atoms. The number of amides is 1. The van der Waals surface area contributed by atoms with Crippen LogP contribution >= 0.6 is 0 Å². The summed E-state index contributed by atoms with van der Waals surface area (Å²) in [5.74, 6) is -1.66. The lowest BCUT2D eigenvalue weighted by Gasteiger charge is -2.12. The molecule has 0 unspecified atom stereocenters. The maximum absolute atomic E-state index is 12.1. The van der Waals surface area contributed by atoms with Gasteiger partial charge in [-0.15, -0.1) is 13.2 Å². The molecule has 0 aliphatic carbocycles. The van der Waals surface area contributed by atoms with E-state index in [9.17, 15) is 22.8 Å². The predicted molar refractivity (Wildman–Crippen MR) is 97.0 cm³/mol. The van der Waals surface area contributed by atoms with Gasteiger partial charge in [0.1, 0.15) is 5.75 Å². The average molecular weight is 412 g/mol. The molecule has 0 aliphatic heterocycles. The molecule has 0 saturated heterocycles. The Labute approximate surface area is 164 Å². The summed E-state index contributed by atoms with van der Waals surface area (Å²) in [5, 5.41) is 6.26. The molecule has 1 N–H and O–H groups in total. The first kappa shape index (κ1) is 22.0. The van der Waals surface area contributed by atoms with E-state index < -0.39 is 24.8 Å². The van der Waals surface area contributed by atoms with E-state index in [1.807, 2.05) is 20.8 Å². The molecule has 0 saturated carbocycles. The van der Waals surface area contributed by atoms with Crippen LogP contribution in [0, 0.1) is 0 Å². The second-order valence-electron chi connectivity index (χ2n) is 6.93. The zero-order chi connectivity index (χ0) is 21.7. The van der Waals surface area contributed by atoms with Crippen molar-refractivity contribution in [2.24, 2.45) is 0 Å². The number of ether oxygens (including phenoxy) is 2. The second-order valence-corrected chi connectivity index (χ2v) is 6.93. The van der Waals surface area contributed by atoms with Gasteiger partial charge in [-0.2, -0.15) is 0 Å². The van der Waals surface area contributed by atoms with Crippen molar-refractivity contribution in [2.75, 3.05) is 11.9 Å². The third-order valence-corrected chi connectivity index (χ3v) is 3.41. The fourth-order valence-electron chi connectivity index (χ4n) is 1.99. The second kappa shape index (κ2) is 8.80. The topological polar surface area (TPSA) is 90.7 Å². The van der Waals surface area contributed by atoms with Crippen LogP contribution in [-0.4, -0.2) is 30.0 Å². The number of halogens is 3. The SMILES string of the molecule is CC(C)(C)c1cc(NC(=O)COC(=O)/C=C/c2ccc(OC(F)(F)F)cc2)on1. The minimum absolute atomic E-state index is 0.132. The Morgan fingerprint density at radius 3 is 2.38 bits per heavy atom. The summed E-state index contributed by atoms with van der Waals surface area (Å²) in [7, 11) is 0. The zero-order valence-corrected chi connectivity index (χ0v) is 15.9. The summed E-state index contributed by atoms with van der Waals surface area (Å²) in [6.45, 7) is 5.25. The van der Waals surface area contributed by atoms with Crippen LogP contribution < -0.4 is 10.1 Å². The van der Waals surface area contributed by atoms with Gasteiger partial charge in [0.2, 0.25) is 5.88 Å². The third-order valence-electron chi connectivity index (χ3n) is 3.41. The van der Waals surface area contributed by atoms with Gasteiger partial charge in [-0.25, -0.2) is 4.79 Å². The van der Waals surface area contributed by atoms with Crippen LogP contribution in [0.3, 0.4) is 0 Å². The van der Waals surface area contributed by atoms with E-state index in [1.165, 1.54) is 18.2 Å². The van der Waals surface area contributed by atoms with Crippen molar-refractivity contribution < 1.29 is 36.8 Å². The number of carbonyl (C=O) groups excluding carboxylic acids is 2. The number of aromatic nitrogens is 1. The van der Waals surface area contributed by atoms with Crippen molar-refractivity contribution in [1.82, 2.24) is 5.16 Å².